The molecule has 0 aromatic heterocycles. The minimum absolute atomic E-state index is 0.200. The molecule has 1 aromatic carbocycles. The van der Waals surface area contributed by atoms with Crippen LogP contribution in [0.25, 0.3) is 0 Å². The van der Waals surface area contributed by atoms with E-state index in [1.54, 1.807) is 24.3 Å². The second kappa shape index (κ2) is 5.31. The number of hydrogen-bond donors (Lipinski definition) is 1. The van der Waals surface area contributed by atoms with E-state index in [0.29, 0.717) is 23.6 Å². The van der Waals surface area contributed by atoms with Crippen molar-refractivity contribution in [2.45, 2.75) is 25.7 Å². The van der Waals surface area contributed by atoms with Gasteiger partial charge < -0.3 is 5.11 Å². The number of rotatable bonds is 5. The summed E-state index contributed by atoms with van der Waals surface area (Å²) in [6.07, 6.45) is 3.05. The monoisotopic (exact) mass is 287 g/mol. The van der Waals surface area contributed by atoms with Crippen LogP contribution in [0.15, 0.2) is 24.3 Å². The first-order valence-corrected chi connectivity index (χ1v) is 7.26. The van der Waals surface area contributed by atoms with Crippen molar-refractivity contribution in [2.75, 3.05) is 6.54 Å². The minimum atomic E-state index is -0.716. The summed E-state index contributed by atoms with van der Waals surface area (Å²) in [5.41, 5.74) is 0.967. The molecule has 0 radical (unpaired) electrons. The first-order chi connectivity index (χ1) is 10.1. The number of carbonyl (C=O) groups excluding carboxylic acids is 2. The maximum atomic E-state index is 12.1. The Bertz CT molecular complexity index is 569. The third kappa shape index (κ3) is 2.44. The third-order valence-electron chi connectivity index (χ3n) is 4.46. The Morgan fingerprint density at radius 3 is 2.24 bits per heavy atom. The van der Waals surface area contributed by atoms with Gasteiger partial charge in [0, 0.05) is 6.54 Å². The van der Waals surface area contributed by atoms with Crippen LogP contribution >= 0.6 is 0 Å². The molecule has 21 heavy (non-hydrogen) atoms. The van der Waals surface area contributed by atoms with Crippen LogP contribution in [0.3, 0.4) is 0 Å². The fourth-order valence-corrected chi connectivity index (χ4v) is 3.15. The maximum Gasteiger partial charge on any atom is 0.306 e. The van der Waals surface area contributed by atoms with Gasteiger partial charge in [-0.2, -0.15) is 0 Å². The maximum absolute atomic E-state index is 12.1. The highest BCUT2D eigenvalue weighted by molar-refractivity contribution is 6.21. The van der Waals surface area contributed by atoms with Crippen molar-refractivity contribution in [3.8, 4) is 0 Å². The minimum Gasteiger partial charge on any atom is -0.481 e. The number of aliphatic carboxylic acids is 1. The molecule has 5 nitrogen and oxygen atoms in total. The van der Waals surface area contributed by atoms with Crippen LogP contribution in [0, 0.1) is 11.8 Å². The van der Waals surface area contributed by atoms with E-state index in [-0.39, 0.29) is 17.7 Å². The van der Waals surface area contributed by atoms with E-state index >= 15 is 0 Å². The summed E-state index contributed by atoms with van der Waals surface area (Å²) < 4.78 is 0. The fraction of sp³-hybridized carbons (Fsp3) is 0.438. The van der Waals surface area contributed by atoms with Gasteiger partial charge in [0.1, 0.15) is 0 Å². The molecule has 1 heterocycles. The second-order valence-electron chi connectivity index (χ2n) is 5.82. The van der Waals surface area contributed by atoms with Crippen LogP contribution in [0.2, 0.25) is 0 Å². The first kappa shape index (κ1) is 13.8. The molecule has 0 saturated heterocycles. The van der Waals surface area contributed by atoms with Crippen LogP contribution in [-0.2, 0) is 4.79 Å². The summed E-state index contributed by atoms with van der Waals surface area (Å²) in [6.45, 7) is 0.417. The number of imide groups is 1. The summed E-state index contributed by atoms with van der Waals surface area (Å²) in [7, 11) is 0. The van der Waals surface area contributed by atoms with E-state index in [9.17, 15) is 14.4 Å². The van der Waals surface area contributed by atoms with Crippen LogP contribution < -0.4 is 0 Å². The Balaban J connectivity index is 1.50. The van der Waals surface area contributed by atoms with Crippen molar-refractivity contribution in [1.29, 1.82) is 0 Å². The molecule has 0 bridgehead atoms. The van der Waals surface area contributed by atoms with Gasteiger partial charge >= 0.3 is 5.97 Å². The Morgan fingerprint density at radius 1 is 1.14 bits per heavy atom. The van der Waals surface area contributed by atoms with Crippen LogP contribution in [-0.4, -0.2) is 34.3 Å². The van der Waals surface area contributed by atoms with Crippen molar-refractivity contribution in [1.82, 2.24) is 4.90 Å². The predicted octanol–water partition coefficient (Wildman–Crippen LogP) is 2.17. The Morgan fingerprint density at radius 2 is 1.71 bits per heavy atom. The molecular weight excluding hydrogens is 270 g/mol. The van der Waals surface area contributed by atoms with Crippen LogP contribution in [0.5, 0.6) is 0 Å². The molecule has 1 aliphatic heterocycles. The predicted molar refractivity (Wildman–Crippen MR) is 74.9 cm³/mol. The lowest BCUT2D eigenvalue weighted by Gasteiger charge is -2.32. The fourth-order valence-electron chi connectivity index (χ4n) is 3.15. The number of benzene rings is 1. The van der Waals surface area contributed by atoms with E-state index in [0.717, 1.165) is 25.7 Å². The molecule has 5 heteroatoms. The highest BCUT2D eigenvalue weighted by Crippen LogP contribution is 2.37. The number of fused-ring (bicyclic) bond motifs is 1. The van der Waals surface area contributed by atoms with Crippen molar-refractivity contribution in [3.63, 3.8) is 0 Å². The molecule has 1 aliphatic carbocycles. The van der Waals surface area contributed by atoms with Gasteiger partial charge in [-0.3, -0.25) is 19.3 Å². The van der Waals surface area contributed by atoms with E-state index < -0.39 is 5.97 Å². The largest absolute Gasteiger partial charge is 0.481 e. The van der Waals surface area contributed by atoms with Crippen molar-refractivity contribution < 1.29 is 19.5 Å². The Labute approximate surface area is 122 Å². The van der Waals surface area contributed by atoms with Crippen LogP contribution in [0.1, 0.15) is 46.4 Å². The number of carboxylic acid groups (broad SMARTS) is 1. The van der Waals surface area contributed by atoms with Gasteiger partial charge in [0.25, 0.3) is 11.8 Å². The lowest BCUT2D eigenvalue weighted by molar-refractivity contribution is -0.146. The van der Waals surface area contributed by atoms with Crippen molar-refractivity contribution in [3.05, 3.63) is 35.4 Å². The quantitative estimate of drug-likeness (QED) is 0.842. The molecule has 0 atom stereocenters. The summed E-state index contributed by atoms with van der Waals surface area (Å²) in [5, 5.41) is 8.82. The van der Waals surface area contributed by atoms with E-state index in [1.807, 2.05) is 0 Å². The molecular formula is C16H17NO4. The lowest BCUT2D eigenvalue weighted by Crippen LogP contribution is -2.33. The average Bonchev–Trinajstić information content (AvgIpc) is 2.66. The molecule has 1 fully saturated rings. The van der Waals surface area contributed by atoms with E-state index in [4.69, 9.17) is 5.11 Å². The van der Waals surface area contributed by atoms with Gasteiger partial charge in [-0.05, 0) is 43.7 Å². The normalized spacial score (nSPS) is 23.9. The standard InChI is InChI=1S/C16H17NO4/c18-14-12-5-1-2-6-13(12)15(19)17(14)7-3-4-10-8-11(9-10)16(20)21/h1-2,5-6,10-11H,3-4,7-9H2,(H,20,21). The summed E-state index contributed by atoms with van der Waals surface area (Å²) >= 11 is 0. The zero-order valence-corrected chi connectivity index (χ0v) is 11.6. The van der Waals surface area contributed by atoms with Gasteiger partial charge in [0.2, 0.25) is 0 Å². The number of carbonyl (C=O) groups is 3. The summed E-state index contributed by atoms with van der Waals surface area (Å²) in [6, 6.07) is 6.87. The zero-order valence-electron chi connectivity index (χ0n) is 11.6. The molecule has 1 aromatic rings. The van der Waals surface area contributed by atoms with Gasteiger partial charge in [-0.15, -0.1) is 0 Å². The molecule has 3 rings (SSSR count). The highest BCUT2D eigenvalue weighted by Gasteiger charge is 2.36. The number of carboxylic acids is 1. The smallest absolute Gasteiger partial charge is 0.306 e. The van der Waals surface area contributed by atoms with Gasteiger partial charge in [-0.1, -0.05) is 12.1 Å². The Kier molecular flexibility index (Phi) is 3.49. The molecule has 2 aliphatic rings. The first-order valence-electron chi connectivity index (χ1n) is 7.26. The van der Waals surface area contributed by atoms with Crippen molar-refractivity contribution >= 4 is 17.8 Å². The highest BCUT2D eigenvalue weighted by atomic mass is 16.4. The number of nitrogens with zero attached hydrogens (tertiary/aromatic N) is 1. The number of hydrogen-bond acceptors (Lipinski definition) is 3. The Hall–Kier alpha value is -2.17. The topological polar surface area (TPSA) is 74.7 Å². The lowest BCUT2D eigenvalue weighted by atomic mass is 9.73. The molecule has 1 saturated carbocycles. The van der Waals surface area contributed by atoms with Crippen LogP contribution in [0.4, 0.5) is 0 Å². The van der Waals surface area contributed by atoms with E-state index in [1.165, 1.54) is 4.90 Å². The summed E-state index contributed by atoms with van der Waals surface area (Å²) in [5.74, 6) is -0.928. The summed E-state index contributed by atoms with van der Waals surface area (Å²) in [4.78, 5) is 36.3. The van der Waals surface area contributed by atoms with Gasteiger partial charge in [0.15, 0.2) is 0 Å². The van der Waals surface area contributed by atoms with Gasteiger partial charge in [-0.25, -0.2) is 0 Å². The van der Waals surface area contributed by atoms with Crippen molar-refractivity contribution in [2.24, 2.45) is 11.8 Å². The third-order valence-corrected chi connectivity index (χ3v) is 4.46. The van der Waals surface area contributed by atoms with Gasteiger partial charge in [0.05, 0.1) is 17.0 Å². The average molecular weight is 287 g/mol. The second-order valence-corrected chi connectivity index (χ2v) is 5.82. The SMILES string of the molecule is O=C(O)C1CC(CCCN2C(=O)c3ccccc3C2=O)C1. The molecule has 2 amide bonds. The molecule has 0 spiro atoms. The zero-order chi connectivity index (χ0) is 15.0. The number of amides is 2. The molecule has 110 valence electrons. The molecule has 1 N–H and O–H groups in total. The van der Waals surface area contributed by atoms with E-state index in [2.05, 4.69) is 0 Å². The molecule has 0 unspecified atom stereocenters.